The monoisotopic (exact) mass is 288 g/mol. The van der Waals surface area contributed by atoms with Gasteiger partial charge in [0, 0.05) is 17.2 Å². The topological polar surface area (TPSA) is 68.3 Å². The zero-order valence-corrected chi connectivity index (χ0v) is 12.6. The van der Waals surface area contributed by atoms with Gasteiger partial charge in [0.1, 0.15) is 11.5 Å². The number of rotatable bonds is 6. The molecule has 0 amide bonds. The van der Waals surface area contributed by atoms with E-state index in [9.17, 15) is 10.1 Å². The molecule has 2 rings (SSSR count). The zero-order valence-electron chi connectivity index (χ0n) is 12.6. The van der Waals surface area contributed by atoms with Crippen molar-refractivity contribution < 1.29 is 9.34 Å². The predicted molar refractivity (Wildman–Crippen MR) is 82.3 cm³/mol. The third kappa shape index (κ3) is 3.49. The molecule has 0 fully saturated rings. The van der Waals surface area contributed by atoms with E-state index in [1.165, 1.54) is 0 Å². The average molecular weight is 288 g/mol. The van der Waals surface area contributed by atoms with Crippen LogP contribution in [0.15, 0.2) is 28.7 Å². The number of nitrogens with zero attached hydrogens (tertiary/aromatic N) is 1. The van der Waals surface area contributed by atoms with E-state index in [0.717, 1.165) is 35.6 Å². The van der Waals surface area contributed by atoms with Crippen molar-refractivity contribution in [1.29, 1.82) is 0 Å². The average Bonchev–Trinajstić information content (AvgIpc) is 2.89. The van der Waals surface area contributed by atoms with Crippen LogP contribution in [0.3, 0.4) is 0 Å². The maximum atomic E-state index is 10.9. The van der Waals surface area contributed by atoms with Gasteiger partial charge < -0.3 is 9.73 Å². The molecule has 5 nitrogen and oxygen atoms in total. The molecule has 1 heterocycles. The number of aryl methyl sites for hydroxylation is 2. The number of hydrogen-bond donors (Lipinski definition) is 1. The Morgan fingerprint density at radius 2 is 2.00 bits per heavy atom. The van der Waals surface area contributed by atoms with Crippen LogP contribution in [0, 0.1) is 24.0 Å². The molecule has 0 aliphatic carbocycles. The fraction of sp³-hybridized carbons (Fsp3) is 0.375. The summed E-state index contributed by atoms with van der Waals surface area (Å²) in [7, 11) is 0. The molecule has 1 N–H and O–H groups in total. The summed E-state index contributed by atoms with van der Waals surface area (Å²) in [6.45, 7) is 7.36. The highest BCUT2D eigenvalue weighted by molar-refractivity contribution is 5.66. The summed E-state index contributed by atoms with van der Waals surface area (Å²) in [4.78, 5) is 10.6. The number of nitro groups is 1. The van der Waals surface area contributed by atoms with Gasteiger partial charge >= 0.3 is 0 Å². The van der Waals surface area contributed by atoms with Gasteiger partial charge in [-0.2, -0.15) is 0 Å². The molecule has 0 atom stereocenters. The molecule has 0 saturated carbocycles. The van der Waals surface area contributed by atoms with Crippen molar-refractivity contribution in [3.05, 3.63) is 51.3 Å². The molecule has 0 spiro atoms. The van der Waals surface area contributed by atoms with Crippen molar-refractivity contribution in [1.82, 2.24) is 5.32 Å². The summed E-state index contributed by atoms with van der Waals surface area (Å²) >= 11 is 0. The molecular formula is C16H20N2O3. The molecule has 1 aromatic carbocycles. The lowest BCUT2D eigenvalue weighted by atomic mass is 10.0. The van der Waals surface area contributed by atoms with Gasteiger partial charge in [-0.3, -0.25) is 10.1 Å². The van der Waals surface area contributed by atoms with E-state index in [2.05, 4.69) is 12.2 Å². The quantitative estimate of drug-likeness (QED) is 0.496. The van der Waals surface area contributed by atoms with E-state index in [4.69, 9.17) is 4.42 Å². The highest BCUT2D eigenvalue weighted by Gasteiger charge is 2.16. The van der Waals surface area contributed by atoms with E-state index >= 15 is 0 Å². The van der Waals surface area contributed by atoms with Crippen LogP contribution in [-0.4, -0.2) is 11.5 Å². The second-order valence-electron chi connectivity index (χ2n) is 5.15. The minimum absolute atomic E-state index is 0.146. The molecule has 0 bridgehead atoms. The predicted octanol–water partition coefficient (Wildman–Crippen LogP) is 3.97. The summed E-state index contributed by atoms with van der Waals surface area (Å²) in [5.74, 6) is 1.62. The van der Waals surface area contributed by atoms with Crippen LogP contribution >= 0.6 is 0 Å². The van der Waals surface area contributed by atoms with Crippen LogP contribution in [0.5, 0.6) is 0 Å². The van der Waals surface area contributed by atoms with Crippen molar-refractivity contribution in [3.8, 4) is 11.3 Å². The lowest BCUT2D eigenvalue weighted by molar-refractivity contribution is -0.385. The summed E-state index contributed by atoms with van der Waals surface area (Å²) in [5, 5.41) is 14.2. The van der Waals surface area contributed by atoms with Crippen LogP contribution in [0.2, 0.25) is 0 Å². The number of nitro benzene ring substituents is 1. The molecule has 2 aromatic rings. The molecule has 0 unspecified atom stereocenters. The van der Waals surface area contributed by atoms with Crippen molar-refractivity contribution in [2.75, 3.05) is 6.54 Å². The van der Waals surface area contributed by atoms with Crippen LogP contribution in [0.4, 0.5) is 5.69 Å². The maximum Gasteiger partial charge on any atom is 0.272 e. The Morgan fingerprint density at radius 1 is 1.24 bits per heavy atom. The Bertz CT molecular complexity index is 647. The lowest BCUT2D eigenvalue weighted by Gasteiger charge is -2.06. The number of benzene rings is 1. The molecule has 0 saturated heterocycles. The standard InChI is InChI=1S/C16H20N2O3/c1-4-7-17-10-13-5-6-16(21-13)14-8-12(3)15(18(19)20)9-11(14)2/h5-6,8-9,17H,4,7,10H2,1-3H3. The zero-order chi connectivity index (χ0) is 15.4. The second kappa shape index (κ2) is 6.54. The fourth-order valence-corrected chi connectivity index (χ4v) is 2.27. The van der Waals surface area contributed by atoms with Crippen molar-refractivity contribution in [3.63, 3.8) is 0 Å². The van der Waals surface area contributed by atoms with Gasteiger partial charge in [-0.1, -0.05) is 6.92 Å². The Morgan fingerprint density at radius 3 is 2.67 bits per heavy atom. The third-order valence-electron chi connectivity index (χ3n) is 3.39. The summed E-state index contributed by atoms with van der Waals surface area (Å²) in [5.41, 5.74) is 2.53. The first-order valence-electron chi connectivity index (χ1n) is 7.08. The maximum absolute atomic E-state index is 10.9. The van der Waals surface area contributed by atoms with E-state index in [1.54, 1.807) is 13.0 Å². The number of furan rings is 1. The molecule has 21 heavy (non-hydrogen) atoms. The van der Waals surface area contributed by atoms with Gasteiger partial charge in [0.2, 0.25) is 0 Å². The first-order chi connectivity index (χ1) is 10.0. The van der Waals surface area contributed by atoms with Crippen LogP contribution in [0.1, 0.15) is 30.2 Å². The van der Waals surface area contributed by atoms with Gasteiger partial charge in [-0.25, -0.2) is 0 Å². The third-order valence-corrected chi connectivity index (χ3v) is 3.39. The highest BCUT2D eigenvalue weighted by Crippen LogP contribution is 2.31. The summed E-state index contributed by atoms with van der Waals surface area (Å²) in [6, 6.07) is 7.27. The van der Waals surface area contributed by atoms with Gasteiger partial charge in [-0.15, -0.1) is 0 Å². The van der Waals surface area contributed by atoms with E-state index < -0.39 is 0 Å². The van der Waals surface area contributed by atoms with E-state index in [-0.39, 0.29) is 10.6 Å². The molecular weight excluding hydrogens is 268 g/mol. The van der Waals surface area contributed by atoms with Gasteiger partial charge in [-0.05, 0) is 50.6 Å². The molecule has 112 valence electrons. The Labute approximate surface area is 124 Å². The number of hydrogen-bond acceptors (Lipinski definition) is 4. The molecule has 0 aliphatic rings. The molecule has 1 aromatic heterocycles. The molecule has 0 aliphatic heterocycles. The Balaban J connectivity index is 2.26. The summed E-state index contributed by atoms with van der Waals surface area (Å²) < 4.78 is 5.82. The second-order valence-corrected chi connectivity index (χ2v) is 5.15. The largest absolute Gasteiger partial charge is 0.460 e. The van der Waals surface area contributed by atoms with E-state index in [0.29, 0.717) is 12.1 Å². The SMILES string of the molecule is CCCNCc1ccc(-c2cc(C)c([N+](=O)[O-])cc2C)o1. The van der Waals surface area contributed by atoms with Crippen LogP contribution < -0.4 is 5.32 Å². The molecule has 0 radical (unpaired) electrons. The van der Waals surface area contributed by atoms with Gasteiger partial charge in [0.25, 0.3) is 5.69 Å². The highest BCUT2D eigenvalue weighted by atomic mass is 16.6. The lowest BCUT2D eigenvalue weighted by Crippen LogP contribution is -2.12. The first-order valence-corrected chi connectivity index (χ1v) is 7.08. The normalized spacial score (nSPS) is 10.8. The number of nitrogens with one attached hydrogen (secondary N) is 1. The van der Waals surface area contributed by atoms with Crippen molar-refractivity contribution in [2.45, 2.75) is 33.7 Å². The minimum atomic E-state index is -0.353. The summed E-state index contributed by atoms with van der Waals surface area (Å²) in [6.07, 6.45) is 1.08. The van der Waals surface area contributed by atoms with Crippen LogP contribution in [0.25, 0.3) is 11.3 Å². The van der Waals surface area contributed by atoms with Crippen molar-refractivity contribution >= 4 is 5.69 Å². The van der Waals surface area contributed by atoms with Crippen molar-refractivity contribution in [2.24, 2.45) is 0 Å². The van der Waals surface area contributed by atoms with Gasteiger partial charge in [0.05, 0.1) is 11.5 Å². The van der Waals surface area contributed by atoms with E-state index in [1.807, 2.05) is 25.1 Å². The first kappa shape index (κ1) is 15.3. The van der Waals surface area contributed by atoms with Crippen LogP contribution in [-0.2, 0) is 6.54 Å². The smallest absolute Gasteiger partial charge is 0.272 e. The Kier molecular flexibility index (Phi) is 4.75. The van der Waals surface area contributed by atoms with Gasteiger partial charge in [0.15, 0.2) is 0 Å². The Hall–Kier alpha value is -2.14. The fourth-order valence-electron chi connectivity index (χ4n) is 2.27. The molecule has 5 heteroatoms. The minimum Gasteiger partial charge on any atom is -0.460 e.